The van der Waals surface area contributed by atoms with Crippen LogP contribution in [0.25, 0.3) is 22.3 Å². The Morgan fingerprint density at radius 2 is 1.14 bits per heavy atom. The molecule has 0 bridgehead atoms. The van der Waals surface area contributed by atoms with Crippen LogP contribution in [0.2, 0.25) is 0 Å². The van der Waals surface area contributed by atoms with E-state index in [-0.39, 0.29) is 16.9 Å². The molecule has 0 amide bonds. The van der Waals surface area contributed by atoms with Gasteiger partial charge in [0.2, 0.25) is 5.82 Å². The number of hydrogen-bond acceptors (Lipinski definition) is 4. The van der Waals surface area contributed by atoms with Crippen molar-refractivity contribution in [2.24, 2.45) is 0 Å². The Bertz CT molecular complexity index is 1240. The number of benzene rings is 3. The zero-order chi connectivity index (χ0) is 30.2. The van der Waals surface area contributed by atoms with Crippen molar-refractivity contribution in [1.82, 2.24) is 0 Å². The lowest BCUT2D eigenvalue weighted by Crippen LogP contribution is -2.23. The summed E-state index contributed by atoms with van der Waals surface area (Å²) in [4.78, 5) is 11.8. The van der Waals surface area contributed by atoms with E-state index in [9.17, 15) is 14.3 Å². The molecule has 0 aliphatic heterocycles. The molecule has 228 valence electrons. The molecule has 0 saturated carbocycles. The van der Waals surface area contributed by atoms with Crippen molar-refractivity contribution < 1.29 is 28.2 Å². The third-order valence-electron chi connectivity index (χ3n) is 7.54. The van der Waals surface area contributed by atoms with Crippen molar-refractivity contribution in [1.29, 1.82) is 0 Å². The highest BCUT2D eigenvalue weighted by Crippen LogP contribution is 2.33. The predicted molar refractivity (Wildman–Crippen MR) is 164 cm³/mol. The van der Waals surface area contributed by atoms with Crippen molar-refractivity contribution >= 4 is 5.97 Å². The van der Waals surface area contributed by atoms with Crippen LogP contribution < -0.4 is 14.6 Å². The first kappa shape index (κ1) is 33.1. The summed E-state index contributed by atoms with van der Waals surface area (Å²) in [6.07, 6.45) is 14.7. The largest absolute Gasteiger partial charge is 0.545 e. The summed E-state index contributed by atoms with van der Waals surface area (Å²) in [6, 6.07) is 14.5. The molecular weight excluding hydrogens is 534 g/mol. The number of halogens is 2. The molecule has 0 heterocycles. The van der Waals surface area contributed by atoms with Gasteiger partial charge in [-0.2, -0.15) is 4.39 Å². The molecule has 0 aliphatic carbocycles. The highest BCUT2D eigenvalue weighted by atomic mass is 19.2. The van der Waals surface area contributed by atoms with Crippen LogP contribution in [0.3, 0.4) is 0 Å². The van der Waals surface area contributed by atoms with E-state index in [0.717, 1.165) is 32.1 Å². The molecule has 0 saturated heterocycles. The number of carbonyl (C=O) groups is 1. The van der Waals surface area contributed by atoms with Crippen LogP contribution in [0.4, 0.5) is 8.78 Å². The van der Waals surface area contributed by atoms with Crippen molar-refractivity contribution in [2.45, 2.75) is 97.3 Å². The van der Waals surface area contributed by atoms with E-state index in [0.29, 0.717) is 35.7 Å². The van der Waals surface area contributed by atoms with Crippen molar-refractivity contribution in [3.05, 3.63) is 71.8 Å². The first-order valence-electron chi connectivity index (χ1n) is 15.7. The molecule has 42 heavy (non-hydrogen) atoms. The predicted octanol–water partition coefficient (Wildman–Crippen LogP) is 9.53. The van der Waals surface area contributed by atoms with Gasteiger partial charge in [0.05, 0.1) is 19.2 Å². The molecule has 0 N–H and O–H groups in total. The highest BCUT2D eigenvalue weighted by Gasteiger charge is 2.16. The lowest BCUT2D eigenvalue weighted by molar-refractivity contribution is -0.254. The van der Waals surface area contributed by atoms with Gasteiger partial charge in [-0.15, -0.1) is 0 Å². The fraction of sp³-hybridized carbons (Fsp3) is 0.472. The van der Waals surface area contributed by atoms with Gasteiger partial charge in [-0.3, -0.25) is 0 Å². The molecule has 0 atom stereocenters. The van der Waals surface area contributed by atoms with Crippen LogP contribution in [-0.2, 0) is 0 Å². The van der Waals surface area contributed by atoms with E-state index in [1.165, 1.54) is 69.6 Å². The topological polar surface area (TPSA) is 58.6 Å². The van der Waals surface area contributed by atoms with Gasteiger partial charge in [-0.05, 0) is 59.9 Å². The van der Waals surface area contributed by atoms with E-state index in [4.69, 9.17) is 9.47 Å². The van der Waals surface area contributed by atoms with Crippen LogP contribution in [0.15, 0.2) is 54.6 Å². The maximum absolute atomic E-state index is 15.0. The molecule has 6 heteroatoms. The van der Waals surface area contributed by atoms with Gasteiger partial charge in [0.15, 0.2) is 11.6 Å². The Morgan fingerprint density at radius 3 is 1.71 bits per heavy atom. The summed E-state index contributed by atoms with van der Waals surface area (Å²) < 4.78 is 41.2. The molecule has 3 aromatic carbocycles. The fourth-order valence-electron chi connectivity index (χ4n) is 5.04. The molecule has 0 unspecified atom stereocenters. The zero-order valence-electron chi connectivity index (χ0n) is 25.2. The maximum Gasteiger partial charge on any atom is 0.201 e. The SMILES string of the molecule is CCCCCCCCCOc1ccc(C(=O)[O-])c(-c2ccc(-c3ccc(OCCCCCCCC)c(F)c3F)cc2)c1. The molecule has 0 spiro atoms. The Labute approximate surface area is 250 Å². The number of hydrogen-bond donors (Lipinski definition) is 0. The quantitative estimate of drug-likeness (QED) is 0.125. The Kier molecular flexibility index (Phi) is 14.3. The standard InChI is InChI=1S/C36H46F2O4/c1-3-5-7-9-11-13-14-24-41-29-20-21-31(36(39)40)32(26-29)28-18-16-27(17-19-28)30-22-23-33(35(38)34(30)37)42-25-15-12-10-8-6-4-2/h16-23,26H,3-15,24-25H2,1-2H3,(H,39,40)/p-1. The Balaban J connectivity index is 1.64. The first-order valence-corrected chi connectivity index (χ1v) is 15.7. The van der Waals surface area contributed by atoms with Gasteiger partial charge in [0.1, 0.15) is 5.75 Å². The molecule has 0 radical (unpaired) electrons. The van der Waals surface area contributed by atoms with Gasteiger partial charge in [0.25, 0.3) is 0 Å². The van der Waals surface area contributed by atoms with Crippen molar-refractivity contribution in [3.8, 4) is 33.8 Å². The maximum atomic E-state index is 15.0. The number of aromatic carboxylic acids is 1. The second kappa shape index (κ2) is 18.2. The average molecular weight is 580 g/mol. The van der Waals surface area contributed by atoms with Crippen molar-refractivity contribution in [3.63, 3.8) is 0 Å². The lowest BCUT2D eigenvalue weighted by atomic mass is 9.96. The third-order valence-corrected chi connectivity index (χ3v) is 7.54. The second-order valence-corrected chi connectivity index (χ2v) is 10.9. The molecular formula is C36H45F2O4-. The van der Waals surface area contributed by atoms with Gasteiger partial charge in [0, 0.05) is 11.1 Å². The number of rotatable bonds is 20. The molecule has 0 aromatic heterocycles. The normalized spacial score (nSPS) is 11.0. The van der Waals surface area contributed by atoms with E-state index in [1.807, 2.05) is 0 Å². The number of unbranched alkanes of at least 4 members (excludes halogenated alkanes) is 11. The van der Waals surface area contributed by atoms with Crippen LogP contribution in [0, 0.1) is 11.6 Å². The summed E-state index contributed by atoms with van der Waals surface area (Å²) in [5, 5.41) is 11.8. The fourth-order valence-corrected chi connectivity index (χ4v) is 5.04. The van der Waals surface area contributed by atoms with E-state index in [1.54, 1.807) is 36.4 Å². The molecule has 4 nitrogen and oxygen atoms in total. The minimum Gasteiger partial charge on any atom is -0.545 e. The molecule has 3 rings (SSSR count). The summed E-state index contributed by atoms with van der Waals surface area (Å²) in [7, 11) is 0. The van der Waals surface area contributed by atoms with Crippen LogP contribution in [0.5, 0.6) is 11.5 Å². The van der Waals surface area contributed by atoms with Crippen LogP contribution in [-0.4, -0.2) is 19.2 Å². The monoisotopic (exact) mass is 579 g/mol. The van der Waals surface area contributed by atoms with Gasteiger partial charge < -0.3 is 19.4 Å². The summed E-state index contributed by atoms with van der Waals surface area (Å²) in [5.74, 6) is -2.78. The lowest BCUT2D eigenvalue weighted by Gasteiger charge is -2.15. The van der Waals surface area contributed by atoms with Gasteiger partial charge >= 0.3 is 0 Å². The first-order chi connectivity index (χ1) is 20.5. The second-order valence-electron chi connectivity index (χ2n) is 10.9. The summed E-state index contributed by atoms with van der Waals surface area (Å²) in [6.45, 7) is 5.27. The number of ether oxygens (including phenoxy) is 2. The zero-order valence-corrected chi connectivity index (χ0v) is 25.2. The minimum atomic E-state index is -1.29. The van der Waals surface area contributed by atoms with Crippen LogP contribution >= 0.6 is 0 Å². The summed E-state index contributed by atoms with van der Waals surface area (Å²) >= 11 is 0. The smallest absolute Gasteiger partial charge is 0.201 e. The number of carboxylic acid groups (broad SMARTS) is 1. The van der Waals surface area contributed by atoms with Crippen molar-refractivity contribution in [2.75, 3.05) is 13.2 Å². The number of carboxylic acids is 1. The average Bonchev–Trinajstić information content (AvgIpc) is 3.00. The van der Waals surface area contributed by atoms with E-state index in [2.05, 4.69) is 13.8 Å². The minimum absolute atomic E-state index is 0.0371. The van der Waals surface area contributed by atoms with Gasteiger partial charge in [-0.1, -0.05) is 109 Å². The van der Waals surface area contributed by atoms with Gasteiger partial charge in [-0.25, -0.2) is 4.39 Å². The molecule has 0 aliphatic rings. The van der Waals surface area contributed by atoms with E-state index < -0.39 is 17.6 Å². The van der Waals surface area contributed by atoms with Crippen LogP contribution in [0.1, 0.15) is 108 Å². The Morgan fingerprint density at radius 1 is 0.619 bits per heavy atom. The molecule has 3 aromatic rings. The summed E-state index contributed by atoms with van der Waals surface area (Å²) in [5.41, 5.74) is 1.68. The molecule has 0 fully saturated rings. The number of carbonyl (C=O) groups excluding carboxylic acids is 1. The van der Waals surface area contributed by atoms with E-state index >= 15 is 4.39 Å². The highest BCUT2D eigenvalue weighted by molar-refractivity contribution is 5.95. The Hall–Kier alpha value is -3.41. The third kappa shape index (κ3) is 10.1.